The van der Waals surface area contributed by atoms with E-state index in [0.717, 1.165) is 16.7 Å². The highest BCUT2D eigenvalue weighted by atomic mass is 16.5. The number of hydrazone groups is 1. The van der Waals surface area contributed by atoms with Crippen molar-refractivity contribution in [3.63, 3.8) is 0 Å². The van der Waals surface area contributed by atoms with Gasteiger partial charge in [-0.1, -0.05) is 12.1 Å². The summed E-state index contributed by atoms with van der Waals surface area (Å²) < 4.78 is 11.0. The van der Waals surface area contributed by atoms with Gasteiger partial charge in [-0.15, -0.1) is 0 Å². The van der Waals surface area contributed by atoms with E-state index in [1.807, 2.05) is 57.4 Å². The summed E-state index contributed by atoms with van der Waals surface area (Å²) in [6.45, 7) is 2.24. The number of hydrogen-bond acceptors (Lipinski definition) is 6. The summed E-state index contributed by atoms with van der Waals surface area (Å²) in [6, 6.07) is 10.8. The highest BCUT2D eigenvalue weighted by molar-refractivity contribution is 6.14. The number of nitrogens with one attached hydrogen (secondary N) is 2. The second kappa shape index (κ2) is 10.4. The van der Waals surface area contributed by atoms with Crippen LogP contribution in [0.15, 0.2) is 41.5 Å². The summed E-state index contributed by atoms with van der Waals surface area (Å²) in [7, 11) is 8.45. The van der Waals surface area contributed by atoms with E-state index in [0.29, 0.717) is 35.9 Å². The average molecular weight is 454 g/mol. The number of fused-ring (bicyclic) bond motifs is 1. The maximum Gasteiger partial charge on any atom is 0.337 e. The van der Waals surface area contributed by atoms with Crippen LogP contribution in [0.3, 0.4) is 0 Å². The molecule has 1 atom stereocenters. The highest BCUT2D eigenvalue weighted by Crippen LogP contribution is 2.34. The largest absolute Gasteiger partial charge is 0.493 e. The van der Waals surface area contributed by atoms with Gasteiger partial charge in [0.05, 0.1) is 32.5 Å². The number of nitrogens with zero attached hydrogens (tertiary/aromatic N) is 3. The highest BCUT2D eigenvalue weighted by Gasteiger charge is 2.28. The summed E-state index contributed by atoms with van der Waals surface area (Å²) in [5.74, 6) is 1.11. The number of likely N-dealkylation sites (N-methyl/N-ethyl adjacent to an activating group) is 1. The molecule has 0 aliphatic carbocycles. The van der Waals surface area contributed by atoms with Crippen molar-refractivity contribution in [1.29, 1.82) is 0 Å². The molecular formula is C24H31N5O4. The molecule has 0 aromatic heterocycles. The fourth-order valence-electron chi connectivity index (χ4n) is 3.75. The van der Waals surface area contributed by atoms with Crippen LogP contribution in [0.1, 0.15) is 23.6 Å². The van der Waals surface area contributed by atoms with Gasteiger partial charge >= 0.3 is 6.03 Å². The molecule has 33 heavy (non-hydrogen) atoms. The molecule has 0 saturated heterocycles. The summed E-state index contributed by atoms with van der Waals surface area (Å²) in [5, 5.41) is 11.7. The lowest BCUT2D eigenvalue weighted by Crippen LogP contribution is -2.41. The minimum Gasteiger partial charge on any atom is -0.493 e. The zero-order chi connectivity index (χ0) is 24.1. The predicted molar refractivity (Wildman–Crippen MR) is 128 cm³/mol. The maximum absolute atomic E-state index is 12.6. The Bertz CT molecular complexity index is 1050. The minimum atomic E-state index is -0.292. The first-order valence-electron chi connectivity index (χ1n) is 10.7. The molecule has 1 aliphatic heterocycles. The first kappa shape index (κ1) is 24.1. The Morgan fingerprint density at radius 1 is 1.12 bits per heavy atom. The molecule has 1 unspecified atom stereocenters. The lowest BCUT2D eigenvalue weighted by Gasteiger charge is -2.22. The Kier molecular flexibility index (Phi) is 7.55. The molecule has 0 bridgehead atoms. The van der Waals surface area contributed by atoms with Crippen LogP contribution in [0.4, 0.5) is 10.5 Å². The molecule has 0 radical (unpaired) electrons. The van der Waals surface area contributed by atoms with Gasteiger partial charge < -0.3 is 25.0 Å². The second-order valence-corrected chi connectivity index (χ2v) is 8.13. The van der Waals surface area contributed by atoms with Crippen molar-refractivity contribution in [3.05, 3.63) is 53.1 Å². The van der Waals surface area contributed by atoms with Crippen molar-refractivity contribution in [3.8, 4) is 11.5 Å². The number of ether oxygens (including phenoxy) is 2. The van der Waals surface area contributed by atoms with Crippen LogP contribution in [-0.2, 0) is 11.2 Å². The molecule has 9 heteroatoms. The Labute approximate surface area is 194 Å². The summed E-state index contributed by atoms with van der Waals surface area (Å²) in [5.41, 5.74) is 3.97. The van der Waals surface area contributed by atoms with Crippen molar-refractivity contribution in [2.24, 2.45) is 5.10 Å². The number of carbonyl (C=O) groups excluding carboxylic acids is 2. The van der Waals surface area contributed by atoms with Crippen molar-refractivity contribution < 1.29 is 19.1 Å². The van der Waals surface area contributed by atoms with E-state index in [4.69, 9.17) is 14.6 Å². The fourth-order valence-corrected chi connectivity index (χ4v) is 3.75. The Hall–Kier alpha value is -3.59. The minimum absolute atomic E-state index is 0.0960. The van der Waals surface area contributed by atoms with E-state index < -0.39 is 0 Å². The molecule has 2 aromatic carbocycles. The van der Waals surface area contributed by atoms with Gasteiger partial charge in [-0.2, -0.15) is 5.10 Å². The van der Waals surface area contributed by atoms with E-state index in [1.165, 1.54) is 5.01 Å². The third-order valence-corrected chi connectivity index (χ3v) is 5.33. The van der Waals surface area contributed by atoms with Crippen LogP contribution < -0.4 is 20.1 Å². The van der Waals surface area contributed by atoms with Gasteiger partial charge in [0.15, 0.2) is 11.5 Å². The molecule has 2 N–H and O–H groups in total. The van der Waals surface area contributed by atoms with E-state index in [2.05, 4.69) is 10.6 Å². The number of carbonyl (C=O) groups is 2. The van der Waals surface area contributed by atoms with Crippen LogP contribution in [0.2, 0.25) is 0 Å². The molecule has 0 spiro atoms. The van der Waals surface area contributed by atoms with Gasteiger partial charge in [0.25, 0.3) is 0 Å². The van der Waals surface area contributed by atoms with Crippen molar-refractivity contribution >= 4 is 23.3 Å². The number of anilines is 1. The van der Waals surface area contributed by atoms with Gasteiger partial charge in [-0.25, -0.2) is 9.80 Å². The third-order valence-electron chi connectivity index (χ3n) is 5.33. The second-order valence-electron chi connectivity index (χ2n) is 8.13. The standard InChI is InChI=1S/C24H31N5O4/c1-15-11-17-12-20(32-5)21(33-6)13-19(17)23(27-29(15)24(31)25-2)16-7-9-18(10-8-16)26-22(30)14-28(3)4/h7-10,12-13,15H,11,14H2,1-6H3,(H,25,31)(H,26,30). The number of benzene rings is 2. The van der Waals surface area contributed by atoms with Gasteiger partial charge in [0.2, 0.25) is 5.91 Å². The number of amides is 3. The van der Waals surface area contributed by atoms with E-state index in [1.54, 1.807) is 26.2 Å². The Balaban J connectivity index is 2.06. The number of urea groups is 1. The average Bonchev–Trinajstić information content (AvgIpc) is 2.93. The Morgan fingerprint density at radius 2 is 1.76 bits per heavy atom. The number of methoxy groups -OCH3 is 2. The monoisotopic (exact) mass is 453 g/mol. The number of hydrogen-bond donors (Lipinski definition) is 2. The first-order valence-corrected chi connectivity index (χ1v) is 10.7. The molecule has 1 heterocycles. The molecule has 2 aromatic rings. The lowest BCUT2D eigenvalue weighted by atomic mass is 9.94. The van der Waals surface area contributed by atoms with Crippen molar-refractivity contribution in [1.82, 2.24) is 15.2 Å². The zero-order valence-electron chi connectivity index (χ0n) is 19.9. The van der Waals surface area contributed by atoms with E-state index in [9.17, 15) is 9.59 Å². The normalized spacial score (nSPS) is 15.3. The molecular weight excluding hydrogens is 422 g/mol. The molecule has 176 valence electrons. The molecule has 0 saturated carbocycles. The first-order chi connectivity index (χ1) is 15.8. The quantitative estimate of drug-likeness (QED) is 0.701. The fraction of sp³-hybridized carbons (Fsp3) is 0.375. The number of rotatable bonds is 6. The van der Waals surface area contributed by atoms with Crippen LogP contribution in [0.5, 0.6) is 11.5 Å². The van der Waals surface area contributed by atoms with Gasteiger partial charge in [0.1, 0.15) is 0 Å². The maximum atomic E-state index is 12.6. The molecule has 1 aliphatic rings. The van der Waals surface area contributed by atoms with Crippen LogP contribution in [0, 0.1) is 0 Å². The molecule has 3 rings (SSSR count). The van der Waals surface area contributed by atoms with Crippen molar-refractivity contribution in [2.45, 2.75) is 19.4 Å². The van der Waals surface area contributed by atoms with E-state index in [-0.39, 0.29) is 18.0 Å². The molecule has 0 fully saturated rings. The van der Waals surface area contributed by atoms with E-state index >= 15 is 0 Å². The smallest absolute Gasteiger partial charge is 0.337 e. The van der Waals surface area contributed by atoms with Gasteiger partial charge in [-0.05, 0) is 57.3 Å². The Morgan fingerprint density at radius 3 is 2.33 bits per heavy atom. The third kappa shape index (κ3) is 5.43. The van der Waals surface area contributed by atoms with Crippen molar-refractivity contribution in [2.75, 3.05) is 47.2 Å². The lowest BCUT2D eigenvalue weighted by molar-refractivity contribution is -0.116. The van der Waals surface area contributed by atoms with Crippen LogP contribution in [0.25, 0.3) is 0 Å². The zero-order valence-corrected chi connectivity index (χ0v) is 19.9. The summed E-state index contributed by atoms with van der Waals surface area (Å²) in [6.07, 6.45) is 0.592. The summed E-state index contributed by atoms with van der Waals surface area (Å²) in [4.78, 5) is 26.5. The predicted octanol–water partition coefficient (Wildman–Crippen LogP) is 2.54. The van der Waals surface area contributed by atoms with Crippen LogP contribution >= 0.6 is 0 Å². The molecule has 3 amide bonds. The topological polar surface area (TPSA) is 95.5 Å². The van der Waals surface area contributed by atoms with Gasteiger partial charge in [-0.3, -0.25) is 4.79 Å². The van der Waals surface area contributed by atoms with Crippen LogP contribution in [-0.4, -0.2) is 75.5 Å². The summed E-state index contributed by atoms with van der Waals surface area (Å²) >= 11 is 0. The van der Waals surface area contributed by atoms with Gasteiger partial charge in [0, 0.05) is 23.9 Å². The SMILES string of the molecule is CNC(=O)N1N=C(c2ccc(NC(=O)CN(C)C)cc2)c2cc(OC)c(OC)cc2CC1C. The molecule has 9 nitrogen and oxygen atoms in total.